The molecule has 3 rings (SSSR count). The summed E-state index contributed by atoms with van der Waals surface area (Å²) in [6.45, 7) is 1.35. The van der Waals surface area contributed by atoms with E-state index >= 15 is 0 Å². The van der Waals surface area contributed by atoms with Crippen LogP contribution in [0, 0.1) is 0 Å². The molecule has 3 aromatic rings. The van der Waals surface area contributed by atoms with Gasteiger partial charge in [0.15, 0.2) is 0 Å². The third kappa shape index (κ3) is 3.54. The summed E-state index contributed by atoms with van der Waals surface area (Å²) in [4.78, 5) is 25.0. The first kappa shape index (κ1) is 15.2. The average Bonchev–Trinajstić information content (AvgIpc) is 2.55. The number of hydrogen-bond acceptors (Lipinski definition) is 5. The topological polar surface area (TPSA) is 71.1 Å². The second-order valence-corrected chi connectivity index (χ2v) is 5.45. The highest BCUT2D eigenvalue weighted by Gasteiger charge is 2.08. The first-order chi connectivity index (χ1) is 11.2. The number of nitrogens with zero attached hydrogens (tertiary/aromatic N) is 3. The van der Waals surface area contributed by atoms with Gasteiger partial charge in [-0.15, -0.1) is 0 Å². The number of rotatable bonds is 5. The number of methoxy groups -OCH3 is 1. The number of fused-ring (bicyclic) bond motifs is 1. The lowest BCUT2D eigenvalue weighted by Crippen LogP contribution is -2.19. The molecule has 1 aromatic carbocycles. The lowest BCUT2D eigenvalue weighted by molar-refractivity contribution is 0.317. The summed E-state index contributed by atoms with van der Waals surface area (Å²) < 4.78 is 4.96. The standard InChI is InChI=1S/C17H18N4O2/c1-21(10-12-8-18-17(23-2)19-9-12)11-13-7-16(22)20-15-6-4-3-5-14(13)15/h3-9H,10-11H2,1-2H3,(H,20,22). The molecule has 0 bridgehead atoms. The quantitative estimate of drug-likeness (QED) is 0.780. The van der Waals surface area contributed by atoms with E-state index in [0.717, 1.165) is 22.0 Å². The minimum absolute atomic E-state index is 0.0834. The van der Waals surface area contributed by atoms with E-state index in [1.807, 2.05) is 31.3 Å². The monoisotopic (exact) mass is 310 g/mol. The van der Waals surface area contributed by atoms with Gasteiger partial charge in [-0.2, -0.15) is 0 Å². The molecule has 0 saturated carbocycles. The van der Waals surface area contributed by atoms with Gasteiger partial charge in [-0.1, -0.05) is 18.2 Å². The number of benzene rings is 1. The molecule has 0 fully saturated rings. The normalized spacial score (nSPS) is 11.1. The molecule has 2 heterocycles. The SMILES string of the molecule is COc1ncc(CN(C)Cc2cc(=O)[nH]c3ccccc23)cn1. The molecule has 0 atom stereocenters. The minimum Gasteiger partial charge on any atom is -0.467 e. The summed E-state index contributed by atoms with van der Waals surface area (Å²) in [5.41, 5.74) is 2.76. The molecule has 0 aliphatic carbocycles. The van der Waals surface area contributed by atoms with Crippen LogP contribution in [0.4, 0.5) is 0 Å². The van der Waals surface area contributed by atoms with Gasteiger partial charge in [-0.25, -0.2) is 9.97 Å². The van der Waals surface area contributed by atoms with Crippen LogP contribution in [-0.2, 0) is 13.1 Å². The molecular weight excluding hydrogens is 292 g/mol. The molecule has 0 unspecified atom stereocenters. The second-order valence-electron chi connectivity index (χ2n) is 5.45. The van der Waals surface area contributed by atoms with Crippen LogP contribution in [0.3, 0.4) is 0 Å². The zero-order valence-electron chi connectivity index (χ0n) is 13.1. The molecule has 0 spiro atoms. The fourth-order valence-electron chi connectivity index (χ4n) is 2.60. The van der Waals surface area contributed by atoms with Crippen molar-refractivity contribution in [2.24, 2.45) is 0 Å². The van der Waals surface area contributed by atoms with Gasteiger partial charge in [0.2, 0.25) is 5.56 Å². The maximum atomic E-state index is 11.8. The Hall–Kier alpha value is -2.73. The van der Waals surface area contributed by atoms with Crippen LogP contribution in [0.2, 0.25) is 0 Å². The van der Waals surface area contributed by atoms with E-state index in [1.54, 1.807) is 25.6 Å². The molecule has 1 N–H and O–H groups in total. The smallest absolute Gasteiger partial charge is 0.316 e. The Morgan fingerprint density at radius 2 is 1.91 bits per heavy atom. The number of nitrogens with one attached hydrogen (secondary N) is 1. The first-order valence-corrected chi connectivity index (χ1v) is 7.30. The van der Waals surface area contributed by atoms with Gasteiger partial charge in [-0.05, 0) is 18.7 Å². The van der Waals surface area contributed by atoms with Crippen molar-refractivity contribution in [1.29, 1.82) is 0 Å². The Bertz CT molecular complexity index is 858. The highest BCUT2D eigenvalue weighted by atomic mass is 16.5. The van der Waals surface area contributed by atoms with Crippen molar-refractivity contribution in [3.05, 3.63) is 64.2 Å². The third-order valence-electron chi connectivity index (χ3n) is 3.59. The number of aromatic amines is 1. The highest BCUT2D eigenvalue weighted by Crippen LogP contribution is 2.16. The zero-order valence-corrected chi connectivity index (χ0v) is 13.1. The van der Waals surface area contributed by atoms with Crippen molar-refractivity contribution in [1.82, 2.24) is 19.9 Å². The highest BCUT2D eigenvalue weighted by molar-refractivity contribution is 5.81. The number of H-pyrrole nitrogens is 1. The van der Waals surface area contributed by atoms with E-state index in [4.69, 9.17) is 4.74 Å². The Balaban J connectivity index is 1.79. The predicted molar refractivity (Wildman–Crippen MR) is 88.3 cm³/mol. The molecule has 0 aliphatic heterocycles. The molecule has 6 nitrogen and oxygen atoms in total. The van der Waals surface area contributed by atoms with Crippen LogP contribution in [0.1, 0.15) is 11.1 Å². The predicted octanol–water partition coefficient (Wildman–Crippen LogP) is 1.96. The summed E-state index contributed by atoms with van der Waals surface area (Å²) >= 11 is 0. The van der Waals surface area contributed by atoms with E-state index in [1.165, 1.54) is 0 Å². The van der Waals surface area contributed by atoms with E-state index in [2.05, 4.69) is 19.9 Å². The van der Waals surface area contributed by atoms with E-state index < -0.39 is 0 Å². The van der Waals surface area contributed by atoms with Gasteiger partial charge in [0, 0.05) is 48.0 Å². The molecule has 0 radical (unpaired) electrons. The summed E-state index contributed by atoms with van der Waals surface area (Å²) in [7, 11) is 3.54. The van der Waals surface area contributed by atoms with Crippen molar-refractivity contribution in [3.63, 3.8) is 0 Å². The number of pyridine rings is 1. The van der Waals surface area contributed by atoms with Crippen LogP contribution < -0.4 is 10.3 Å². The molecule has 6 heteroatoms. The third-order valence-corrected chi connectivity index (χ3v) is 3.59. The molecule has 0 aliphatic rings. The van der Waals surface area contributed by atoms with Gasteiger partial charge in [0.25, 0.3) is 0 Å². The van der Waals surface area contributed by atoms with Crippen molar-refractivity contribution < 1.29 is 4.74 Å². The van der Waals surface area contributed by atoms with Crippen LogP contribution >= 0.6 is 0 Å². The molecular formula is C17H18N4O2. The minimum atomic E-state index is -0.0834. The summed E-state index contributed by atoms with van der Waals surface area (Å²) in [6.07, 6.45) is 3.50. The first-order valence-electron chi connectivity index (χ1n) is 7.30. The van der Waals surface area contributed by atoms with E-state index in [-0.39, 0.29) is 5.56 Å². The molecule has 23 heavy (non-hydrogen) atoms. The summed E-state index contributed by atoms with van der Waals surface area (Å²) in [5.74, 6) is 0. The van der Waals surface area contributed by atoms with Crippen molar-refractivity contribution >= 4 is 10.9 Å². The lowest BCUT2D eigenvalue weighted by atomic mass is 10.1. The Kier molecular flexibility index (Phi) is 4.34. The van der Waals surface area contributed by atoms with E-state index in [0.29, 0.717) is 19.1 Å². The molecule has 0 amide bonds. The van der Waals surface area contributed by atoms with Crippen molar-refractivity contribution in [3.8, 4) is 6.01 Å². The Morgan fingerprint density at radius 1 is 1.17 bits per heavy atom. The van der Waals surface area contributed by atoms with Gasteiger partial charge >= 0.3 is 6.01 Å². The van der Waals surface area contributed by atoms with Gasteiger partial charge < -0.3 is 9.72 Å². The number of ether oxygens (including phenoxy) is 1. The van der Waals surface area contributed by atoms with Crippen molar-refractivity contribution in [2.75, 3.05) is 14.2 Å². The summed E-state index contributed by atoms with van der Waals surface area (Å²) in [5, 5.41) is 1.06. The summed E-state index contributed by atoms with van der Waals surface area (Å²) in [6, 6.07) is 9.84. The Morgan fingerprint density at radius 3 is 2.65 bits per heavy atom. The number of aromatic nitrogens is 3. The largest absolute Gasteiger partial charge is 0.467 e. The molecule has 2 aromatic heterocycles. The molecule has 0 saturated heterocycles. The van der Waals surface area contributed by atoms with Gasteiger partial charge in [0.05, 0.1) is 7.11 Å². The fraction of sp³-hybridized carbons (Fsp3) is 0.235. The van der Waals surface area contributed by atoms with E-state index in [9.17, 15) is 4.79 Å². The molecule has 118 valence electrons. The fourth-order valence-corrected chi connectivity index (χ4v) is 2.60. The van der Waals surface area contributed by atoms with Crippen LogP contribution in [0.15, 0.2) is 47.5 Å². The zero-order chi connectivity index (χ0) is 16.2. The average molecular weight is 310 g/mol. The lowest BCUT2D eigenvalue weighted by Gasteiger charge is -2.17. The second kappa shape index (κ2) is 6.58. The number of para-hydroxylation sites is 1. The number of hydrogen-bond donors (Lipinski definition) is 1. The van der Waals surface area contributed by atoms with Gasteiger partial charge in [-0.3, -0.25) is 9.69 Å². The Labute approximate surface area is 133 Å². The van der Waals surface area contributed by atoms with Crippen LogP contribution in [-0.4, -0.2) is 34.0 Å². The maximum absolute atomic E-state index is 11.8. The van der Waals surface area contributed by atoms with Crippen LogP contribution in [0.5, 0.6) is 6.01 Å². The van der Waals surface area contributed by atoms with Gasteiger partial charge in [0.1, 0.15) is 0 Å². The maximum Gasteiger partial charge on any atom is 0.316 e. The van der Waals surface area contributed by atoms with Crippen LogP contribution in [0.25, 0.3) is 10.9 Å². The van der Waals surface area contributed by atoms with Crippen molar-refractivity contribution in [2.45, 2.75) is 13.1 Å².